The summed E-state index contributed by atoms with van der Waals surface area (Å²) in [4.78, 5) is 0. The van der Waals surface area contributed by atoms with Crippen LogP contribution >= 0.6 is 0 Å². The Morgan fingerprint density at radius 2 is 2.07 bits per heavy atom. The number of hydrogen-bond donors (Lipinski definition) is 2. The molecular formula is C8H13F3N4. The molecule has 4 nitrogen and oxygen atoms in total. The monoisotopic (exact) mass is 222 g/mol. The molecule has 7 heteroatoms. The van der Waals surface area contributed by atoms with Crippen LogP contribution in [0.15, 0.2) is 0 Å². The van der Waals surface area contributed by atoms with Gasteiger partial charge in [0.05, 0.1) is 11.4 Å². The quantitative estimate of drug-likeness (QED) is 0.819. The summed E-state index contributed by atoms with van der Waals surface area (Å²) in [7, 11) is 0. The molecule has 0 unspecified atom stereocenters. The lowest BCUT2D eigenvalue weighted by Crippen LogP contribution is -2.23. The lowest BCUT2D eigenvalue weighted by molar-refractivity contribution is -0.115. The SMILES string of the molecule is CCn1nc(C)c(N)c1NCC(F)(F)F. The lowest BCUT2D eigenvalue weighted by atomic mass is 10.4. The highest BCUT2D eigenvalue weighted by atomic mass is 19.4. The summed E-state index contributed by atoms with van der Waals surface area (Å²) in [5, 5.41) is 6.23. The number of aryl methyl sites for hydroxylation is 2. The van der Waals surface area contributed by atoms with Crippen LogP contribution in [0.3, 0.4) is 0 Å². The average molecular weight is 222 g/mol. The van der Waals surface area contributed by atoms with Crippen molar-refractivity contribution in [3.05, 3.63) is 5.69 Å². The molecule has 1 aromatic rings. The third-order valence-electron chi connectivity index (χ3n) is 1.93. The Hall–Kier alpha value is -1.40. The van der Waals surface area contributed by atoms with Gasteiger partial charge in [-0.1, -0.05) is 0 Å². The van der Waals surface area contributed by atoms with Crippen LogP contribution in [0.2, 0.25) is 0 Å². The molecule has 0 aromatic carbocycles. The highest BCUT2D eigenvalue weighted by molar-refractivity contribution is 5.64. The van der Waals surface area contributed by atoms with Crippen molar-refractivity contribution in [1.29, 1.82) is 0 Å². The van der Waals surface area contributed by atoms with E-state index in [-0.39, 0.29) is 11.5 Å². The number of nitrogens with zero attached hydrogens (tertiary/aromatic N) is 2. The first kappa shape index (κ1) is 11.7. The topological polar surface area (TPSA) is 55.9 Å². The van der Waals surface area contributed by atoms with E-state index in [2.05, 4.69) is 10.4 Å². The highest BCUT2D eigenvalue weighted by Gasteiger charge is 2.27. The van der Waals surface area contributed by atoms with Crippen molar-refractivity contribution < 1.29 is 13.2 Å². The van der Waals surface area contributed by atoms with Gasteiger partial charge >= 0.3 is 6.18 Å². The maximum absolute atomic E-state index is 12.0. The zero-order valence-corrected chi connectivity index (χ0v) is 8.52. The summed E-state index contributed by atoms with van der Waals surface area (Å²) >= 11 is 0. The summed E-state index contributed by atoms with van der Waals surface area (Å²) in [5.41, 5.74) is 6.39. The third kappa shape index (κ3) is 2.77. The van der Waals surface area contributed by atoms with E-state index in [1.807, 2.05) is 0 Å². The zero-order valence-electron chi connectivity index (χ0n) is 8.52. The minimum Gasteiger partial charge on any atom is -0.394 e. The molecule has 0 saturated carbocycles. The molecule has 0 spiro atoms. The Morgan fingerprint density at radius 3 is 2.53 bits per heavy atom. The summed E-state index contributed by atoms with van der Waals surface area (Å²) in [6, 6.07) is 0. The second-order valence-corrected chi connectivity index (χ2v) is 3.13. The van der Waals surface area contributed by atoms with E-state index in [0.29, 0.717) is 12.2 Å². The maximum Gasteiger partial charge on any atom is 0.405 e. The summed E-state index contributed by atoms with van der Waals surface area (Å²) in [6.07, 6.45) is -4.26. The molecule has 3 N–H and O–H groups in total. The number of anilines is 2. The van der Waals surface area contributed by atoms with Gasteiger partial charge in [-0.25, -0.2) is 4.68 Å². The molecule has 0 radical (unpaired) electrons. The molecular weight excluding hydrogens is 209 g/mol. The smallest absolute Gasteiger partial charge is 0.394 e. The number of rotatable bonds is 3. The Balaban J connectivity index is 2.84. The minimum atomic E-state index is -4.26. The van der Waals surface area contributed by atoms with Crippen molar-refractivity contribution in [3.8, 4) is 0 Å². The van der Waals surface area contributed by atoms with E-state index >= 15 is 0 Å². The van der Waals surface area contributed by atoms with Crippen LogP contribution < -0.4 is 11.1 Å². The number of nitrogens with two attached hydrogens (primary N) is 1. The average Bonchev–Trinajstić information content (AvgIpc) is 2.39. The van der Waals surface area contributed by atoms with Crippen LogP contribution in [0.25, 0.3) is 0 Å². The summed E-state index contributed by atoms with van der Waals surface area (Å²) in [6.45, 7) is 2.80. The first-order chi connectivity index (χ1) is 6.85. The molecule has 0 amide bonds. The molecule has 86 valence electrons. The van der Waals surface area contributed by atoms with Crippen LogP contribution in [-0.4, -0.2) is 22.5 Å². The molecule has 15 heavy (non-hydrogen) atoms. The molecule has 1 heterocycles. The highest BCUT2D eigenvalue weighted by Crippen LogP contribution is 2.24. The van der Waals surface area contributed by atoms with Crippen molar-refractivity contribution in [2.24, 2.45) is 0 Å². The Morgan fingerprint density at radius 1 is 1.47 bits per heavy atom. The van der Waals surface area contributed by atoms with E-state index < -0.39 is 12.7 Å². The van der Waals surface area contributed by atoms with Gasteiger partial charge in [0.15, 0.2) is 0 Å². The Labute approximate surface area is 85.2 Å². The summed E-state index contributed by atoms with van der Waals surface area (Å²) < 4.78 is 37.4. The molecule has 0 aliphatic rings. The number of alkyl halides is 3. The van der Waals surface area contributed by atoms with Crippen molar-refractivity contribution >= 4 is 11.5 Å². The van der Waals surface area contributed by atoms with Gasteiger partial charge < -0.3 is 11.1 Å². The molecule has 0 aliphatic carbocycles. The van der Waals surface area contributed by atoms with Gasteiger partial charge in [-0.05, 0) is 13.8 Å². The first-order valence-electron chi connectivity index (χ1n) is 4.48. The van der Waals surface area contributed by atoms with Crippen molar-refractivity contribution in [2.45, 2.75) is 26.6 Å². The number of nitrogens with one attached hydrogen (secondary N) is 1. The van der Waals surface area contributed by atoms with Gasteiger partial charge in [-0.3, -0.25) is 0 Å². The minimum absolute atomic E-state index is 0.229. The Bertz CT molecular complexity index is 342. The number of hydrogen-bond acceptors (Lipinski definition) is 3. The molecule has 1 aromatic heterocycles. The first-order valence-corrected chi connectivity index (χ1v) is 4.48. The van der Waals surface area contributed by atoms with Crippen molar-refractivity contribution in [1.82, 2.24) is 9.78 Å². The third-order valence-corrected chi connectivity index (χ3v) is 1.93. The standard InChI is InChI=1S/C8H13F3N4/c1-3-15-7(6(12)5(2)14-15)13-4-8(9,10)11/h13H,3-4,12H2,1-2H3. The maximum atomic E-state index is 12.0. The van der Waals surface area contributed by atoms with E-state index in [1.54, 1.807) is 13.8 Å². The van der Waals surface area contributed by atoms with Gasteiger partial charge in [-0.2, -0.15) is 18.3 Å². The zero-order chi connectivity index (χ0) is 11.6. The molecule has 0 atom stereocenters. The van der Waals surface area contributed by atoms with E-state index in [1.165, 1.54) is 4.68 Å². The largest absolute Gasteiger partial charge is 0.405 e. The second-order valence-electron chi connectivity index (χ2n) is 3.13. The fourth-order valence-corrected chi connectivity index (χ4v) is 1.19. The second kappa shape index (κ2) is 4.00. The predicted octanol–water partition coefficient (Wildman–Crippen LogP) is 1.77. The van der Waals surface area contributed by atoms with Crippen molar-refractivity contribution in [3.63, 3.8) is 0 Å². The van der Waals surface area contributed by atoms with Gasteiger partial charge in [0.2, 0.25) is 0 Å². The van der Waals surface area contributed by atoms with Crippen LogP contribution in [0.4, 0.5) is 24.7 Å². The van der Waals surface area contributed by atoms with Crippen molar-refractivity contribution in [2.75, 3.05) is 17.6 Å². The fraction of sp³-hybridized carbons (Fsp3) is 0.625. The van der Waals surface area contributed by atoms with E-state index in [9.17, 15) is 13.2 Å². The van der Waals surface area contributed by atoms with Gasteiger partial charge in [0, 0.05) is 6.54 Å². The Kier molecular flexibility index (Phi) is 3.11. The van der Waals surface area contributed by atoms with E-state index in [4.69, 9.17) is 5.73 Å². The number of aromatic nitrogens is 2. The molecule has 0 bridgehead atoms. The summed E-state index contributed by atoms with van der Waals surface area (Å²) in [5.74, 6) is 0.229. The van der Waals surface area contributed by atoms with Crippen LogP contribution in [0.5, 0.6) is 0 Å². The van der Waals surface area contributed by atoms with Gasteiger partial charge in [0.25, 0.3) is 0 Å². The van der Waals surface area contributed by atoms with Crippen LogP contribution in [-0.2, 0) is 6.54 Å². The van der Waals surface area contributed by atoms with Gasteiger partial charge in [-0.15, -0.1) is 0 Å². The molecule has 0 aliphatic heterocycles. The fourth-order valence-electron chi connectivity index (χ4n) is 1.19. The molecule has 0 fully saturated rings. The van der Waals surface area contributed by atoms with Crippen LogP contribution in [0, 0.1) is 6.92 Å². The normalized spacial score (nSPS) is 11.8. The van der Waals surface area contributed by atoms with Gasteiger partial charge in [0.1, 0.15) is 12.4 Å². The molecule has 1 rings (SSSR count). The number of halogens is 3. The lowest BCUT2D eigenvalue weighted by Gasteiger charge is -2.11. The van der Waals surface area contributed by atoms with Crippen LogP contribution in [0.1, 0.15) is 12.6 Å². The number of nitrogen functional groups attached to an aromatic ring is 1. The predicted molar refractivity (Wildman–Crippen MR) is 51.6 cm³/mol. The molecule has 0 saturated heterocycles. The van der Waals surface area contributed by atoms with E-state index in [0.717, 1.165) is 0 Å².